The van der Waals surface area contributed by atoms with Gasteiger partial charge in [-0.2, -0.15) is 0 Å². The van der Waals surface area contributed by atoms with Crippen LogP contribution in [0, 0.1) is 5.92 Å². The minimum atomic E-state index is 0.336. The Kier molecular flexibility index (Phi) is 2.85. The Morgan fingerprint density at radius 2 is 1.86 bits per heavy atom. The van der Waals surface area contributed by atoms with Crippen molar-refractivity contribution in [3.05, 3.63) is 0 Å². The Labute approximate surface area is 87.8 Å². The number of rotatable bonds is 4. The van der Waals surface area contributed by atoms with E-state index in [2.05, 4.69) is 19.0 Å². The summed E-state index contributed by atoms with van der Waals surface area (Å²) >= 11 is 0. The van der Waals surface area contributed by atoms with Crippen LogP contribution in [0.1, 0.15) is 44.9 Å². The van der Waals surface area contributed by atoms with Crippen molar-refractivity contribution in [1.82, 2.24) is 4.90 Å². The molecule has 14 heavy (non-hydrogen) atoms. The van der Waals surface area contributed by atoms with E-state index in [-0.39, 0.29) is 0 Å². The van der Waals surface area contributed by atoms with Crippen LogP contribution in [0.2, 0.25) is 0 Å². The summed E-state index contributed by atoms with van der Waals surface area (Å²) in [6.07, 6.45) is 9.49. The summed E-state index contributed by atoms with van der Waals surface area (Å²) < 4.78 is 0. The maximum absolute atomic E-state index is 6.41. The molecule has 0 aliphatic heterocycles. The average Bonchev–Trinajstić information content (AvgIpc) is 2.82. The monoisotopic (exact) mass is 196 g/mol. The van der Waals surface area contributed by atoms with Crippen LogP contribution in [-0.4, -0.2) is 30.6 Å². The van der Waals surface area contributed by atoms with Crippen molar-refractivity contribution in [1.29, 1.82) is 0 Å². The molecule has 0 aromatic rings. The van der Waals surface area contributed by atoms with E-state index in [0.29, 0.717) is 11.6 Å². The first-order valence-electron chi connectivity index (χ1n) is 6.08. The minimum absolute atomic E-state index is 0.336. The molecule has 1 atom stereocenters. The van der Waals surface area contributed by atoms with Gasteiger partial charge in [0.25, 0.3) is 0 Å². The smallest absolute Gasteiger partial charge is 0.0354 e. The van der Waals surface area contributed by atoms with Gasteiger partial charge in [0, 0.05) is 11.6 Å². The highest BCUT2D eigenvalue weighted by Crippen LogP contribution is 2.41. The molecule has 2 aliphatic carbocycles. The molecule has 2 N–H and O–H groups in total. The van der Waals surface area contributed by atoms with Gasteiger partial charge in [-0.1, -0.05) is 25.7 Å². The van der Waals surface area contributed by atoms with Crippen LogP contribution >= 0.6 is 0 Å². The fourth-order valence-electron chi connectivity index (χ4n) is 3.07. The fraction of sp³-hybridized carbons (Fsp3) is 1.00. The number of likely N-dealkylation sites (N-methyl/N-ethyl adjacent to an activating group) is 1. The topological polar surface area (TPSA) is 29.3 Å². The van der Waals surface area contributed by atoms with Crippen molar-refractivity contribution in [3.63, 3.8) is 0 Å². The Morgan fingerprint density at radius 1 is 1.29 bits per heavy atom. The molecule has 0 spiro atoms. The molecule has 0 aromatic carbocycles. The zero-order chi connectivity index (χ0) is 10.2. The molecule has 0 heterocycles. The first-order chi connectivity index (χ1) is 6.65. The average molecular weight is 196 g/mol. The third-order valence-corrected chi connectivity index (χ3v) is 4.33. The van der Waals surface area contributed by atoms with Gasteiger partial charge in [0.15, 0.2) is 0 Å². The zero-order valence-electron chi connectivity index (χ0n) is 9.63. The molecule has 2 nitrogen and oxygen atoms in total. The Morgan fingerprint density at radius 3 is 2.29 bits per heavy atom. The standard InChI is InChI=1S/C12H24N2/c1-14(2)12(7-3-4-8-12)11(13)9-10-5-6-10/h10-11H,3-9,13H2,1-2H3. The fourth-order valence-corrected chi connectivity index (χ4v) is 3.07. The summed E-state index contributed by atoms with van der Waals surface area (Å²) in [7, 11) is 4.41. The Hall–Kier alpha value is -0.0800. The van der Waals surface area contributed by atoms with E-state index >= 15 is 0 Å². The normalized spacial score (nSPS) is 28.3. The third-order valence-electron chi connectivity index (χ3n) is 4.33. The summed E-state index contributed by atoms with van der Waals surface area (Å²) in [6.45, 7) is 0. The largest absolute Gasteiger partial charge is 0.326 e. The van der Waals surface area contributed by atoms with E-state index in [1.54, 1.807) is 0 Å². The molecule has 0 bridgehead atoms. The van der Waals surface area contributed by atoms with Gasteiger partial charge >= 0.3 is 0 Å². The molecule has 2 rings (SSSR count). The van der Waals surface area contributed by atoms with Gasteiger partial charge in [-0.05, 0) is 39.3 Å². The number of hydrogen-bond acceptors (Lipinski definition) is 2. The summed E-state index contributed by atoms with van der Waals surface area (Å²) in [5, 5.41) is 0. The van der Waals surface area contributed by atoms with Crippen LogP contribution in [-0.2, 0) is 0 Å². The highest BCUT2D eigenvalue weighted by Gasteiger charge is 2.43. The van der Waals surface area contributed by atoms with Crippen LogP contribution in [0.4, 0.5) is 0 Å². The molecule has 0 amide bonds. The predicted molar refractivity (Wildman–Crippen MR) is 60.2 cm³/mol. The number of hydrogen-bond donors (Lipinski definition) is 1. The second-order valence-corrected chi connectivity index (χ2v) is 5.49. The van der Waals surface area contributed by atoms with Gasteiger partial charge < -0.3 is 10.6 Å². The molecule has 2 saturated carbocycles. The molecule has 2 fully saturated rings. The van der Waals surface area contributed by atoms with E-state index < -0.39 is 0 Å². The van der Waals surface area contributed by atoms with Crippen LogP contribution < -0.4 is 5.73 Å². The van der Waals surface area contributed by atoms with E-state index in [1.807, 2.05) is 0 Å². The van der Waals surface area contributed by atoms with Gasteiger partial charge in [0.05, 0.1) is 0 Å². The lowest BCUT2D eigenvalue weighted by atomic mass is 9.84. The highest BCUT2D eigenvalue weighted by atomic mass is 15.2. The second-order valence-electron chi connectivity index (χ2n) is 5.49. The summed E-state index contributed by atoms with van der Waals surface area (Å²) in [4.78, 5) is 2.40. The highest BCUT2D eigenvalue weighted by molar-refractivity contribution is 5.02. The molecule has 0 saturated heterocycles. The van der Waals surface area contributed by atoms with Crippen LogP contribution in [0.25, 0.3) is 0 Å². The summed E-state index contributed by atoms with van der Waals surface area (Å²) in [6, 6.07) is 0.410. The zero-order valence-corrected chi connectivity index (χ0v) is 9.63. The van der Waals surface area contributed by atoms with E-state index in [1.165, 1.54) is 44.9 Å². The van der Waals surface area contributed by atoms with Crippen molar-refractivity contribution in [2.24, 2.45) is 11.7 Å². The SMILES string of the molecule is CN(C)C1(C(N)CC2CC2)CCCC1. The van der Waals surface area contributed by atoms with E-state index in [9.17, 15) is 0 Å². The first kappa shape index (κ1) is 10.4. The van der Waals surface area contributed by atoms with Gasteiger partial charge in [0.2, 0.25) is 0 Å². The molecule has 0 radical (unpaired) electrons. The molecule has 82 valence electrons. The Bertz CT molecular complexity index is 190. The molecule has 1 unspecified atom stereocenters. The van der Waals surface area contributed by atoms with Gasteiger partial charge in [-0.3, -0.25) is 0 Å². The van der Waals surface area contributed by atoms with Crippen molar-refractivity contribution >= 4 is 0 Å². The number of nitrogens with two attached hydrogens (primary N) is 1. The van der Waals surface area contributed by atoms with E-state index in [0.717, 1.165) is 5.92 Å². The summed E-state index contributed by atoms with van der Waals surface area (Å²) in [5.74, 6) is 0.961. The third kappa shape index (κ3) is 1.82. The molecular weight excluding hydrogens is 172 g/mol. The maximum Gasteiger partial charge on any atom is 0.0354 e. The predicted octanol–water partition coefficient (Wildman–Crippen LogP) is 1.99. The van der Waals surface area contributed by atoms with Gasteiger partial charge in [-0.25, -0.2) is 0 Å². The molecular formula is C12H24N2. The van der Waals surface area contributed by atoms with Crippen molar-refractivity contribution < 1.29 is 0 Å². The van der Waals surface area contributed by atoms with Crippen molar-refractivity contribution in [2.75, 3.05) is 14.1 Å². The van der Waals surface area contributed by atoms with E-state index in [4.69, 9.17) is 5.73 Å². The van der Waals surface area contributed by atoms with Gasteiger partial charge in [0.1, 0.15) is 0 Å². The maximum atomic E-state index is 6.41. The molecule has 0 aromatic heterocycles. The lowest BCUT2D eigenvalue weighted by Gasteiger charge is -2.41. The van der Waals surface area contributed by atoms with Crippen molar-refractivity contribution in [3.8, 4) is 0 Å². The Balaban J connectivity index is 2.00. The van der Waals surface area contributed by atoms with Crippen molar-refractivity contribution in [2.45, 2.75) is 56.5 Å². The van der Waals surface area contributed by atoms with Crippen LogP contribution in [0.3, 0.4) is 0 Å². The first-order valence-corrected chi connectivity index (χ1v) is 6.08. The van der Waals surface area contributed by atoms with Gasteiger partial charge in [-0.15, -0.1) is 0 Å². The summed E-state index contributed by atoms with van der Waals surface area (Å²) in [5.41, 5.74) is 6.75. The lowest BCUT2D eigenvalue weighted by molar-refractivity contribution is 0.116. The van der Waals surface area contributed by atoms with Crippen LogP contribution in [0.5, 0.6) is 0 Å². The quantitative estimate of drug-likeness (QED) is 0.745. The molecule has 2 aliphatic rings. The minimum Gasteiger partial charge on any atom is -0.326 e. The lowest BCUT2D eigenvalue weighted by Crippen LogP contribution is -2.55. The van der Waals surface area contributed by atoms with Crippen LogP contribution in [0.15, 0.2) is 0 Å². The second kappa shape index (κ2) is 3.82. The molecule has 2 heteroatoms. The number of nitrogens with zero attached hydrogens (tertiary/aromatic N) is 1.